The van der Waals surface area contributed by atoms with Gasteiger partial charge in [-0.2, -0.15) is 0 Å². The van der Waals surface area contributed by atoms with Gasteiger partial charge in [-0.15, -0.1) is 0 Å². The number of nitrogens with one attached hydrogen (secondary N) is 1. The summed E-state index contributed by atoms with van der Waals surface area (Å²) in [6, 6.07) is -0.0560. The molecule has 0 aliphatic rings. The van der Waals surface area contributed by atoms with Crippen LogP contribution in [0.2, 0.25) is 0 Å². The Morgan fingerprint density at radius 3 is 2.67 bits per heavy atom. The van der Waals surface area contributed by atoms with Gasteiger partial charge in [0, 0.05) is 19.0 Å². The van der Waals surface area contributed by atoms with E-state index in [0.29, 0.717) is 19.5 Å². The molecule has 0 heterocycles. The molecule has 12 heavy (non-hydrogen) atoms. The highest BCUT2D eigenvalue weighted by Gasteiger charge is 2.02. The summed E-state index contributed by atoms with van der Waals surface area (Å²) in [5.41, 5.74) is 10.7. The predicted molar refractivity (Wildman–Crippen MR) is 49.6 cm³/mol. The van der Waals surface area contributed by atoms with Crippen molar-refractivity contribution in [3.8, 4) is 0 Å². The summed E-state index contributed by atoms with van der Waals surface area (Å²) < 4.78 is 0. The minimum Gasteiger partial charge on any atom is -0.356 e. The van der Waals surface area contributed by atoms with Gasteiger partial charge in [0.2, 0.25) is 5.91 Å². The van der Waals surface area contributed by atoms with E-state index in [4.69, 9.17) is 11.5 Å². The van der Waals surface area contributed by atoms with Crippen LogP contribution < -0.4 is 16.8 Å². The molecule has 1 atom stereocenters. The molecule has 0 aliphatic heterocycles. The van der Waals surface area contributed by atoms with Crippen LogP contribution in [0.4, 0.5) is 0 Å². The lowest BCUT2D eigenvalue weighted by molar-refractivity contribution is -0.121. The first kappa shape index (κ1) is 11.4. The zero-order chi connectivity index (χ0) is 9.40. The van der Waals surface area contributed by atoms with Crippen molar-refractivity contribution in [1.82, 2.24) is 5.32 Å². The van der Waals surface area contributed by atoms with Crippen molar-refractivity contribution < 1.29 is 4.79 Å². The van der Waals surface area contributed by atoms with E-state index in [2.05, 4.69) is 5.32 Å². The lowest BCUT2D eigenvalue weighted by atomic mass is 10.2. The Morgan fingerprint density at radius 1 is 1.50 bits per heavy atom. The van der Waals surface area contributed by atoms with Crippen LogP contribution in [0, 0.1) is 0 Å². The van der Waals surface area contributed by atoms with Crippen molar-refractivity contribution >= 4 is 5.91 Å². The van der Waals surface area contributed by atoms with E-state index < -0.39 is 0 Å². The Hall–Kier alpha value is -0.610. The minimum absolute atomic E-state index is 0.0296. The fraction of sp³-hybridized carbons (Fsp3) is 0.875. The molecule has 0 saturated heterocycles. The van der Waals surface area contributed by atoms with Gasteiger partial charge in [-0.3, -0.25) is 4.79 Å². The molecule has 4 nitrogen and oxygen atoms in total. The van der Waals surface area contributed by atoms with Crippen LogP contribution in [0.25, 0.3) is 0 Å². The Kier molecular flexibility index (Phi) is 6.70. The number of nitrogens with two attached hydrogens (primary N) is 2. The van der Waals surface area contributed by atoms with Crippen molar-refractivity contribution in [2.24, 2.45) is 11.5 Å². The normalized spacial score (nSPS) is 12.6. The van der Waals surface area contributed by atoms with E-state index in [9.17, 15) is 4.79 Å². The molecule has 1 unspecified atom stereocenters. The number of hydrogen-bond acceptors (Lipinski definition) is 3. The molecule has 0 fully saturated rings. The maximum atomic E-state index is 11.0. The van der Waals surface area contributed by atoms with Crippen molar-refractivity contribution in [2.45, 2.75) is 32.2 Å². The van der Waals surface area contributed by atoms with Gasteiger partial charge in [0.05, 0.1) is 0 Å². The highest BCUT2D eigenvalue weighted by molar-refractivity contribution is 5.76. The third-order valence-electron chi connectivity index (χ3n) is 1.46. The smallest absolute Gasteiger partial charge is 0.221 e. The zero-order valence-corrected chi connectivity index (χ0v) is 7.68. The van der Waals surface area contributed by atoms with Gasteiger partial charge in [-0.1, -0.05) is 0 Å². The Bertz CT molecular complexity index is 125. The number of amides is 1. The zero-order valence-electron chi connectivity index (χ0n) is 7.68. The van der Waals surface area contributed by atoms with Crippen LogP contribution in [-0.4, -0.2) is 25.0 Å². The summed E-state index contributed by atoms with van der Waals surface area (Å²) in [6.45, 7) is 3.21. The fourth-order valence-electron chi connectivity index (χ4n) is 0.862. The number of hydrogen-bond donors (Lipinski definition) is 3. The standard InChI is InChI=1S/C8H19N3O/c1-7(10)6-8(12)11-5-3-2-4-9/h7H,2-6,9-10H2,1H3,(H,11,12). The topological polar surface area (TPSA) is 81.1 Å². The summed E-state index contributed by atoms with van der Waals surface area (Å²) in [6.07, 6.45) is 2.31. The average Bonchev–Trinajstić information content (AvgIpc) is 1.97. The van der Waals surface area contributed by atoms with Crippen LogP contribution >= 0.6 is 0 Å². The quantitative estimate of drug-likeness (QED) is 0.477. The van der Waals surface area contributed by atoms with Crippen LogP contribution in [-0.2, 0) is 4.79 Å². The molecule has 0 saturated carbocycles. The summed E-state index contributed by atoms with van der Waals surface area (Å²) in [4.78, 5) is 11.0. The third-order valence-corrected chi connectivity index (χ3v) is 1.46. The lowest BCUT2D eigenvalue weighted by Gasteiger charge is -2.06. The highest BCUT2D eigenvalue weighted by atomic mass is 16.1. The molecule has 1 amide bonds. The third kappa shape index (κ3) is 7.50. The average molecular weight is 173 g/mol. The minimum atomic E-state index is -0.0560. The van der Waals surface area contributed by atoms with Gasteiger partial charge in [-0.25, -0.2) is 0 Å². The molecule has 5 N–H and O–H groups in total. The summed E-state index contributed by atoms with van der Waals surface area (Å²) in [5, 5.41) is 2.77. The van der Waals surface area contributed by atoms with E-state index in [-0.39, 0.29) is 11.9 Å². The molecule has 0 aliphatic carbocycles. The second-order valence-corrected chi connectivity index (χ2v) is 3.03. The molecule has 0 rings (SSSR count). The number of carbonyl (C=O) groups excluding carboxylic acids is 1. The van der Waals surface area contributed by atoms with Gasteiger partial charge >= 0.3 is 0 Å². The molecular weight excluding hydrogens is 154 g/mol. The Labute approximate surface area is 73.7 Å². The maximum absolute atomic E-state index is 11.0. The monoisotopic (exact) mass is 173 g/mol. The Balaban J connectivity index is 3.20. The summed E-state index contributed by atoms with van der Waals surface area (Å²) in [7, 11) is 0. The molecule has 72 valence electrons. The van der Waals surface area contributed by atoms with Crippen molar-refractivity contribution in [3.63, 3.8) is 0 Å². The summed E-state index contributed by atoms with van der Waals surface area (Å²) in [5.74, 6) is 0.0296. The van der Waals surface area contributed by atoms with E-state index in [1.807, 2.05) is 6.92 Å². The lowest BCUT2D eigenvalue weighted by Crippen LogP contribution is -2.30. The van der Waals surface area contributed by atoms with Crippen LogP contribution in [0.1, 0.15) is 26.2 Å². The molecule has 4 heteroatoms. The number of unbranched alkanes of at least 4 members (excludes halogenated alkanes) is 1. The molecule has 0 bridgehead atoms. The summed E-state index contributed by atoms with van der Waals surface area (Å²) >= 11 is 0. The van der Waals surface area contributed by atoms with Gasteiger partial charge in [0.15, 0.2) is 0 Å². The van der Waals surface area contributed by atoms with Gasteiger partial charge in [-0.05, 0) is 26.3 Å². The predicted octanol–water partition coefficient (Wildman–Crippen LogP) is -0.421. The molecular formula is C8H19N3O. The van der Waals surface area contributed by atoms with Crippen LogP contribution in [0.3, 0.4) is 0 Å². The van der Waals surface area contributed by atoms with E-state index in [0.717, 1.165) is 12.8 Å². The van der Waals surface area contributed by atoms with Gasteiger partial charge in [0.1, 0.15) is 0 Å². The first-order valence-electron chi connectivity index (χ1n) is 4.39. The molecule has 0 aromatic rings. The van der Waals surface area contributed by atoms with E-state index in [1.165, 1.54) is 0 Å². The first-order chi connectivity index (χ1) is 5.66. The van der Waals surface area contributed by atoms with Crippen molar-refractivity contribution in [2.75, 3.05) is 13.1 Å². The molecule has 0 radical (unpaired) electrons. The largest absolute Gasteiger partial charge is 0.356 e. The van der Waals surface area contributed by atoms with Crippen molar-refractivity contribution in [1.29, 1.82) is 0 Å². The van der Waals surface area contributed by atoms with Crippen LogP contribution in [0.15, 0.2) is 0 Å². The van der Waals surface area contributed by atoms with E-state index >= 15 is 0 Å². The van der Waals surface area contributed by atoms with Crippen molar-refractivity contribution in [3.05, 3.63) is 0 Å². The molecule has 0 spiro atoms. The number of rotatable bonds is 6. The SMILES string of the molecule is CC(N)CC(=O)NCCCCN. The molecule has 0 aromatic heterocycles. The maximum Gasteiger partial charge on any atom is 0.221 e. The fourth-order valence-corrected chi connectivity index (χ4v) is 0.862. The second-order valence-electron chi connectivity index (χ2n) is 3.03. The van der Waals surface area contributed by atoms with Gasteiger partial charge < -0.3 is 16.8 Å². The van der Waals surface area contributed by atoms with E-state index in [1.54, 1.807) is 0 Å². The Morgan fingerprint density at radius 2 is 2.17 bits per heavy atom. The van der Waals surface area contributed by atoms with Gasteiger partial charge in [0.25, 0.3) is 0 Å². The van der Waals surface area contributed by atoms with Crippen LogP contribution in [0.5, 0.6) is 0 Å². The highest BCUT2D eigenvalue weighted by Crippen LogP contribution is 1.87. The first-order valence-corrected chi connectivity index (χ1v) is 4.39. The number of carbonyl (C=O) groups is 1. The second kappa shape index (κ2) is 7.06. The molecule has 0 aromatic carbocycles.